The first kappa shape index (κ1) is 14.4. The Balaban J connectivity index is 2.14. The van der Waals surface area contributed by atoms with Crippen LogP contribution in [0, 0.1) is 5.82 Å². The average Bonchev–Trinajstić information content (AvgIpc) is 2.30. The van der Waals surface area contributed by atoms with Crippen LogP contribution in [0.3, 0.4) is 0 Å². The van der Waals surface area contributed by atoms with Gasteiger partial charge >= 0.3 is 0 Å². The van der Waals surface area contributed by atoms with Crippen LogP contribution in [0.15, 0.2) is 22.7 Å². The summed E-state index contributed by atoms with van der Waals surface area (Å²) in [5.74, 6) is 0.372. The lowest BCUT2D eigenvalue weighted by atomic mass is 10.3. The Kier molecular flexibility index (Phi) is 7.16. The van der Waals surface area contributed by atoms with Gasteiger partial charge in [0.2, 0.25) is 0 Å². The molecule has 3 nitrogen and oxygen atoms in total. The zero-order valence-electron chi connectivity index (χ0n) is 9.84. The Morgan fingerprint density at radius 2 is 2.06 bits per heavy atom. The van der Waals surface area contributed by atoms with Crippen LogP contribution in [0.4, 0.5) is 4.39 Å². The fourth-order valence-corrected chi connectivity index (χ4v) is 1.70. The van der Waals surface area contributed by atoms with Crippen molar-refractivity contribution < 1.29 is 13.9 Å². The van der Waals surface area contributed by atoms with Crippen molar-refractivity contribution in [2.45, 2.75) is 6.92 Å². The molecule has 0 radical (unpaired) electrons. The quantitative estimate of drug-likeness (QED) is 0.749. The summed E-state index contributed by atoms with van der Waals surface area (Å²) >= 11 is 3.25. The number of ether oxygens (including phenoxy) is 2. The van der Waals surface area contributed by atoms with Gasteiger partial charge in [0.1, 0.15) is 18.2 Å². The van der Waals surface area contributed by atoms with Crippen molar-refractivity contribution in [2.75, 3.05) is 32.9 Å². The minimum Gasteiger partial charge on any atom is -0.491 e. The van der Waals surface area contributed by atoms with Crippen molar-refractivity contribution in [3.05, 3.63) is 28.5 Å². The van der Waals surface area contributed by atoms with Crippen molar-refractivity contribution >= 4 is 15.9 Å². The molecule has 0 aromatic heterocycles. The van der Waals surface area contributed by atoms with E-state index in [0.29, 0.717) is 23.4 Å². The van der Waals surface area contributed by atoms with Gasteiger partial charge in [-0.05, 0) is 41.1 Å². The molecule has 96 valence electrons. The largest absolute Gasteiger partial charge is 0.491 e. The Morgan fingerprint density at radius 3 is 2.76 bits per heavy atom. The van der Waals surface area contributed by atoms with Gasteiger partial charge in [-0.2, -0.15) is 0 Å². The molecule has 0 atom stereocenters. The molecule has 0 amide bonds. The molecular formula is C12H17BrFNO2. The summed E-state index contributed by atoms with van der Waals surface area (Å²) in [6.45, 7) is 5.49. The van der Waals surface area contributed by atoms with E-state index in [4.69, 9.17) is 9.47 Å². The molecule has 0 aliphatic carbocycles. The number of rotatable bonds is 8. The second-order valence-corrected chi connectivity index (χ2v) is 4.22. The Bertz CT molecular complexity index is 336. The predicted molar refractivity (Wildman–Crippen MR) is 69.0 cm³/mol. The maximum absolute atomic E-state index is 12.8. The lowest BCUT2D eigenvalue weighted by Gasteiger charge is -2.09. The van der Waals surface area contributed by atoms with E-state index in [0.717, 1.165) is 19.7 Å². The van der Waals surface area contributed by atoms with E-state index < -0.39 is 0 Å². The second-order valence-electron chi connectivity index (χ2n) is 3.37. The predicted octanol–water partition coefficient (Wildman–Crippen LogP) is 2.59. The van der Waals surface area contributed by atoms with Gasteiger partial charge in [0, 0.05) is 19.7 Å². The molecule has 0 heterocycles. The van der Waals surface area contributed by atoms with Crippen LogP contribution in [0.1, 0.15) is 6.92 Å². The van der Waals surface area contributed by atoms with Crippen molar-refractivity contribution in [1.82, 2.24) is 5.32 Å². The molecule has 0 aliphatic rings. The van der Waals surface area contributed by atoms with Gasteiger partial charge in [-0.3, -0.25) is 0 Å². The molecule has 17 heavy (non-hydrogen) atoms. The van der Waals surface area contributed by atoms with Gasteiger partial charge in [0.05, 0.1) is 11.1 Å². The molecule has 0 saturated heterocycles. The number of hydrogen-bond donors (Lipinski definition) is 1. The van der Waals surface area contributed by atoms with Crippen molar-refractivity contribution in [1.29, 1.82) is 0 Å². The van der Waals surface area contributed by atoms with Crippen LogP contribution in [-0.4, -0.2) is 32.9 Å². The first-order chi connectivity index (χ1) is 8.24. The van der Waals surface area contributed by atoms with Crippen LogP contribution in [0.5, 0.6) is 5.75 Å². The molecule has 0 fully saturated rings. The molecule has 0 spiro atoms. The SMILES string of the molecule is CCOCCNCCOc1ccc(F)cc1Br. The van der Waals surface area contributed by atoms with Crippen molar-refractivity contribution in [3.8, 4) is 5.75 Å². The fourth-order valence-electron chi connectivity index (χ4n) is 1.24. The van der Waals surface area contributed by atoms with Crippen molar-refractivity contribution in [3.63, 3.8) is 0 Å². The molecule has 1 N–H and O–H groups in total. The highest BCUT2D eigenvalue weighted by Gasteiger charge is 2.01. The number of nitrogens with one attached hydrogen (secondary N) is 1. The first-order valence-corrected chi connectivity index (χ1v) is 6.39. The van der Waals surface area contributed by atoms with Crippen LogP contribution >= 0.6 is 15.9 Å². The summed E-state index contributed by atoms with van der Waals surface area (Å²) in [5.41, 5.74) is 0. The highest BCUT2D eigenvalue weighted by atomic mass is 79.9. The molecule has 0 unspecified atom stereocenters. The minimum absolute atomic E-state index is 0.279. The summed E-state index contributed by atoms with van der Waals surface area (Å²) in [7, 11) is 0. The third kappa shape index (κ3) is 6.00. The summed E-state index contributed by atoms with van der Waals surface area (Å²) in [6, 6.07) is 4.38. The molecule has 0 aliphatic heterocycles. The van der Waals surface area contributed by atoms with Crippen LogP contribution < -0.4 is 10.1 Å². The zero-order valence-corrected chi connectivity index (χ0v) is 11.4. The topological polar surface area (TPSA) is 30.5 Å². The normalized spacial score (nSPS) is 10.5. The van der Waals surface area contributed by atoms with E-state index in [9.17, 15) is 4.39 Å². The molecule has 1 rings (SSSR count). The van der Waals surface area contributed by atoms with Gasteiger partial charge in [0.25, 0.3) is 0 Å². The van der Waals surface area contributed by atoms with Gasteiger partial charge in [0.15, 0.2) is 0 Å². The molecule has 0 saturated carbocycles. The number of benzene rings is 1. The fraction of sp³-hybridized carbons (Fsp3) is 0.500. The Hall–Kier alpha value is -0.650. The van der Waals surface area contributed by atoms with Crippen LogP contribution in [-0.2, 0) is 4.74 Å². The zero-order chi connectivity index (χ0) is 12.5. The monoisotopic (exact) mass is 305 g/mol. The molecule has 5 heteroatoms. The van der Waals surface area contributed by atoms with E-state index in [-0.39, 0.29) is 5.82 Å². The highest BCUT2D eigenvalue weighted by molar-refractivity contribution is 9.10. The lowest BCUT2D eigenvalue weighted by molar-refractivity contribution is 0.148. The standard InChI is InChI=1S/C12H17BrFNO2/c1-2-16-7-5-15-6-8-17-12-4-3-10(14)9-11(12)13/h3-4,9,15H,2,5-8H2,1H3. The van der Waals surface area contributed by atoms with E-state index in [2.05, 4.69) is 21.2 Å². The summed E-state index contributed by atoms with van der Waals surface area (Å²) in [5, 5.41) is 3.18. The van der Waals surface area contributed by atoms with Gasteiger partial charge < -0.3 is 14.8 Å². The summed E-state index contributed by atoms with van der Waals surface area (Å²) < 4.78 is 24.1. The van der Waals surface area contributed by atoms with Gasteiger partial charge in [-0.15, -0.1) is 0 Å². The van der Waals surface area contributed by atoms with Crippen molar-refractivity contribution in [2.24, 2.45) is 0 Å². The summed E-state index contributed by atoms with van der Waals surface area (Å²) in [6.07, 6.45) is 0. The van der Waals surface area contributed by atoms with Crippen LogP contribution in [0.25, 0.3) is 0 Å². The third-order valence-corrected chi connectivity index (χ3v) is 2.68. The molecule has 0 bridgehead atoms. The van der Waals surface area contributed by atoms with E-state index in [1.807, 2.05) is 6.92 Å². The van der Waals surface area contributed by atoms with E-state index >= 15 is 0 Å². The first-order valence-electron chi connectivity index (χ1n) is 5.60. The third-order valence-electron chi connectivity index (χ3n) is 2.06. The van der Waals surface area contributed by atoms with Crippen LogP contribution in [0.2, 0.25) is 0 Å². The average molecular weight is 306 g/mol. The Labute approximate surface area is 109 Å². The molecule has 1 aromatic carbocycles. The second kappa shape index (κ2) is 8.44. The smallest absolute Gasteiger partial charge is 0.133 e. The number of halogens is 2. The van der Waals surface area contributed by atoms with E-state index in [1.54, 1.807) is 6.07 Å². The lowest BCUT2D eigenvalue weighted by Crippen LogP contribution is -2.25. The van der Waals surface area contributed by atoms with Gasteiger partial charge in [-0.25, -0.2) is 4.39 Å². The van der Waals surface area contributed by atoms with Gasteiger partial charge in [-0.1, -0.05) is 0 Å². The minimum atomic E-state index is -0.279. The number of hydrogen-bond acceptors (Lipinski definition) is 3. The molecular weight excluding hydrogens is 289 g/mol. The highest BCUT2D eigenvalue weighted by Crippen LogP contribution is 2.25. The maximum Gasteiger partial charge on any atom is 0.133 e. The summed E-state index contributed by atoms with van der Waals surface area (Å²) in [4.78, 5) is 0. The van der Waals surface area contributed by atoms with E-state index in [1.165, 1.54) is 12.1 Å². The molecule has 1 aromatic rings. The Morgan fingerprint density at radius 1 is 1.29 bits per heavy atom. The maximum atomic E-state index is 12.8.